The summed E-state index contributed by atoms with van der Waals surface area (Å²) in [5.74, 6) is -1.05. The van der Waals surface area contributed by atoms with Gasteiger partial charge in [-0.1, -0.05) is 34.6 Å². The Labute approximate surface area is 220 Å². The molecule has 4 N–H and O–H groups in total. The Morgan fingerprint density at radius 1 is 1.08 bits per heavy atom. The Kier molecular flexibility index (Phi) is 14.9. The van der Waals surface area contributed by atoms with Gasteiger partial charge in [-0.2, -0.15) is 4.98 Å². The summed E-state index contributed by atoms with van der Waals surface area (Å²) in [5.41, 5.74) is 6.99. The van der Waals surface area contributed by atoms with Crippen molar-refractivity contribution in [2.24, 2.45) is 16.6 Å². The van der Waals surface area contributed by atoms with Crippen LogP contribution >= 0.6 is 8.38 Å². The number of ketones is 1. The number of carbonyl (C=O) groups is 3. The van der Waals surface area contributed by atoms with Gasteiger partial charge in [0, 0.05) is 11.6 Å². The van der Waals surface area contributed by atoms with Crippen molar-refractivity contribution in [1.82, 2.24) is 9.55 Å². The molecule has 0 amide bonds. The van der Waals surface area contributed by atoms with E-state index in [1.807, 2.05) is 13.8 Å². The molecule has 1 aliphatic heterocycles. The van der Waals surface area contributed by atoms with Crippen LogP contribution in [0.25, 0.3) is 0 Å². The highest BCUT2D eigenvalue weighted by molar-refractivity contribution is 7.69. The average molecular weight is 547 g/mol. The molecular weight excluding hydrogens is 503 g/mol. The molecule has 0 saturated carbocycles. The van der Waals surface area contributed by atoms with Crippen LogP contribution in [-0.4, -0.2) is 53.4 Å². The van der Waals surface area contributed by atoms with Gasteiger partial charge in [-0.25, -0.2) is 4.79 Å². The van der Waals surface area contributed by atoms with Gasteiger partial charge in [-0.15, -0.1) is 0 Å². The van der Waals surface area contributed by atoms with Gasteiger partial charge in [-0.05, 0) is 46.7 Å². The first-order chi connectivity index (χ1) is 17.2. The van der Waals surface area contributed by atoms with Gasteiger partial charge in [-0.3, -0.25) is 23.5 Å². The fourth-order valence-electron chi connectivity index (χ4n) is 2.71. The summed E-state index contributed by atoms with van der Waals surface area (Å²) < 4.78 is 23.2. The second kappa shape index (κ2) is 15.9. The molecule has 0 aromatic carbocycles. The third-order valence-electron chi connectivity index (χ3n) is 4.64. The van der Waals surface area contributed by atoms with E-state index >= 15 is 0 Å². The van der Waals surface area contributed by atoms with E-state index < -0.39 is 61.3 Å². The molecule has 12 nitrogen and oxygen atoms in total. The summed E-state index contributed by atoms with van der Waals surface area (Å²) >= 11 is 0. The van der Waals surface area contributed by atoms with Crippen LogP contribution in [-0.2, 0) is 32.9 Å². The molecule has 1 fully saturated rings. The van der Waals surface area contributed by atoms with Gasteiger partial charge >= 0.3 is 11.7 Å². The number of hydrogen-bond acceptors (Lipinski definition) is 11. The number of Topliss-reactive ketones (excluding diaryl/α,β-unsaturated/α-hetero) is 1. The minimum Gasteiger partial charge on any atom is -0.438 e. The van der Waals surface area contributed by atoms with E-state index in [-0.39, 0.29) is 12.4 Å². The van der Waals surface area contributed by atoms with Gasteiger partial charge in [0.15, 0.2) is 6.79 Å². The Morgan fingerprint density at radius 3 is 2.19 bits per heavy atom. The van der Waals surface area contributed by atoms with Crippen LogP contribution in [0.1, 0.15) is 74.5 Å². The molecule has 3 unspecified atom stereocenters. The number of anilines is 1. The van der Waals surface area contributed by atoms with E-state index in [4.69, 9.17) is 24.3 Å². The lowest BCUT2D eigenvalue weighted by Gasteiger charge is -2.22. The summed E-state index contributed by atoms with van der Waals surface area (Å²) in [7, 11) is -0.830. The van der Waals surface area contributed by atoms with Crippen molar-refractivity contribution < 1.29 is 32.9 Å². The first-order valence-corrected chi connectivity index (χ1v) is 13.3. The number of nitrogens with zero attached hydrogens (tertiary/aromatic N) is 2. The predicted octanol–water partition coefficient (Wildman–Crippen LogP) is 3.14. The highest BCUT2D eigenvalue weighted by Gasteiger charge is 2.37. The minimum absolute atomic E-state index is 0.0459. The molecule has 0 aliphatic carbocycles. The van der Waals surface area contributed by atoms with Crippen LogP contribution in [0.5, 0.6) is 0 Å². The highest BCUT2D eigenvalue weighted by atomic mass is 31.2. The lowest BCUT2D eigenvalue weighted by molar-refractivity contribution is -0.160. The second-order valence-corrected chi connectivity index (χ2v) is 11.1. The Bertz CT molecular complexity index is 940. The van der Waals surface area contributed by atoms with Crippen molar-refractivity contribution in [3.63, 3.8) is 0 Å². The summed E-state index contributed by atoms with van der Waals surface area (Å²) in [5, 5.41) is 0. The van der Waals surface area contributed by atoms with E-state index in [1.54, 1.807) is 41.5 Å². The topological polar surface area (TPSA) is 175 Å². The Morgan fingerprint density at radius 2 is 1.68 bits per heavy atom. The third kappa shape index (κ3) is 11.4. The number of nitrogens with two attached hydrogens (primary N) is 2. The fourth-order valence-corrected chi connectivity index (χ4v) is 3.97. The molecule has 0 radical (unpaired) electrons. The van der Waals surface area contributed by atoms with Crippen LogP contribution in [0.4, 0.5) is 5.82 Å². The molecule has 37 heavy (non-hydrogen) atoms. The first-order valence-electron chi connectivity index (χ1n) is 12.1. The van der Waals surface area contributed by atoms with Crippen molar-refractivity contribution in [3.05, 3.63) is 22.7 Å². The van der Waals surface area contributed by atoms with Gasteiger partial charge in [0.2, 0.25) is 5.78 Å². The molecule has 3 atom stereocenters. The maximum Gasteiger partial charge on any atom is 0.351 e. The largest absolute Gasteiger partial charge is 0.438 e. The van der Waals surface area contributed by atoms with Crippen LogP contribution in [0, 0.1) is 10.8 Å². The number of rotatable bonds is 9. The van der Waals surface area contributed by atoms with Crippen molar-refractivity contribution >= 4 is 31.5 Å². The molecule has 0 spiro atoms. The first kappa shape index (κ1) is 34.8. The molecule has 0 bridgehead atoms. The molecule has 13 heteroatoms. The number of carbonyl (C=O) groups excluding carboxylic acids is 3. The number of hydrogen-bond donors (Lipinski definition) is 2. The maximum atomic E-state index is 12.7. The maximum absolute atomic E-state index is 12.7. The van der Waals surface area contributed by atoms with Gasteiger partial charge in [0.05, 0.1) is 18.1 Å². The smallest absolute Gasteiger partial charge is 0.351 e. The zero-order chi connectivity index (χ0) is 29.0. The zero-order valence-electron chi connectivity index (χ0n) is 23.4. The van der Waals surface area contributed by atoms with Crippen LogP contribution in [0.2, 0.25) is 0 Å². The summed E-state index contributed by atoms with van der Waals surface area (Å²) in [6.07, 6.45) is 1.58. The van der Waals surface area contributed by atoms with E-state index in [0.717, 1.165) is 0 Å². The Hall–Kier alpha value is -2.24. The second-order valence-electron chi connectivity index (χ2n) is 9.70. The molecule has 1 aromatic rings. The monoisotopic (exact) mass is 546 g/mol. The lowest BCUT2D eigenvalue weighted by Crippen LogP contribution is -2.30. The SMILES string of the molecule is CC.CC(C)(C)C(=O)OCOP(OCC1CCC(n2ccc(N)nc2=O)O1)C(=O)C(=O)C(C)(C)C.CN. The third-order valence-corrected chi connectivity index (χ3v) is 5.90. The van der Waals surface area contributed by atoms with Crippen molar-refractivity contribution in [2.45, 2.75) is 80.6 Å². The molecule has 212 valence electrons. The van der Waals surface area contributed by atoms with Crippen molar-refractivity contribution in [3.8, 4) is 0 Å². The van der Waals surface area contributed by atoms with Crippen LogP contribution in [0.3, 0.4) is 0 Å². The quantitative estimate of drug-likeness (QED) is 0.201. The van der Waals surface area contributed by atoms with E-state index in [2.05, 4.69) is 10.7 Å². The molecule has 1 aromatic heterocycles. The van der Waals surface area contributed by atoms with Crippen LogP contribution < -0.4 is 17.2 Å². The molecule has 1 aliphatic rings. The van der Waals surface area contributed by atoms with E-state index in [0.29, 0.717) is 12.8 Å². The van der Waals surface area contributed by atoms with E-state index in [1.165, 1.54) is 23.9 Å². The van der Waals surface area contributed by atoms with Gasteiger partial charge < -0.3 is 25.5 Å². The molecule has 2 rings (SSSR count). The van der Waals surface area contributed by atoms with Crippen LogP contribution in [0.15, 0.2) is 17.1 Å². The summed E-state index contributed by atoms with van der Waals surface area (Å²) in [6, 6.07) is 1.50. The highest BCUT2D eigenvalue weighted by Crippen LogP contribution is 2.43. The summed E-state index contributed by atoms with van der Waals surface area (Å²) in [6.45, 7) is 13.3. The molecule has 1 saturated heterocycles. The number of esters is 1. The summed E-state index contributed by atoms with van der Waals surface area (Å²) in [4.78, 5) is 52.8. The fraction of sp³-hybridized carbons (Fsp3) is 0.708. The van der Waals surface area contributed by atoms with Crippen molar-refractivity contribution in [2.75, 3.05) is 26.2 Å². The normalized spacial score (nSPS) is 18.0. The predicted molar refractivity (Wildman–Crippen MR) is 141 cm³/mol. The van der Waals surface area contributed by atoms with Crippen molar-refractivity contribution in [1.29, 1.82) is 0 Å². The molecular formula is C24H43N4O8P. The van der Waals surface area contributed by atoms with E-state index in [9.17, 15) is 19.2 Å². The minimum atomic E-state index is -2.33. The number of aromatic nitrogens is 2. The standard InChI is InChI=1S/C21H32N3O8P.C2H6.CH5N/c1-20(2,3)16(25)17(26)33(31-12-29-18(27)21(4,5)6)30-11-13-7-8-15(32-13)24-10-9-14(22)23-19(24)28;2*1-2/h9-10,13,15H,7-8,11-12H2,1-6H3,(H2,22,23,28);1-2H3;2H2,1H3. The average Bonchev–Trinajstić information content (AvgIpc) is 3.30. The lowest BCUT2D eigenvalue weighted by atomic mass is 9.92. The zero-order valence-corrected chi connectivity index (χ0v) is 24.3. The molecule has 2 heterocycles. The number of ether oxygens (including phenoxy) is 2. The Balaban J connectivity index is 0.00000308. The van der Waals surface area contributed by atoms with Gasteiger partial charge in [0.1, 0.15) is 12.0 Å². The number of nitrogen functional groups attached to an aromatic ring is 1. The van der Waals surface area contributed by atoms with Gasteiger partial charge in [0.25, 0.3) is 13.9 Å².